The van der Waals surface area contributed by atoms with Gasteiger partial charge in [0, 0.05) is 6.04 Å². The first-order valence-corrected chi connectivity index (χ1v) is 8.16. The van der Waals surface area contributed by atoms with Crippen LogP contribution in [-0.2, 0) is 4.79 Å². The molecule has 0 saturated heterocycles. The van der Waals surface area contributed by atoms with Crippen molar-refractivity contribution in [2.24, 2.45) is 16.7 Å². The quantitative estimate of drug-likeness (QED) is 0.740. The maximum atomic E-state index is 11.1. The van der Waals surface area contributed by atoms with Crippen LogP contribution in [0.2, 0.25) is 0 Å². The van der Waals surface area contributed by atoms with Gasteiger partial charge in [-0.15, -0.1) is 0 Å². The Labute approximate surface area is 124 Å². The molecule has 0 heterocycles. The van der Waals surface area contributed by atoms with E-state index in [0.29, 0.717) is 17.9 Å². The number of aliphatic carboxylic acids is 1. The minimum Gasteiger partial charge on any atom is -0.481 e. The van der Waals surface area contributed by atoms with Crippen molar-refractivity contribution in [3.8, 4) is 0 Å². The molecule has 0 aliphatic heterocycles. The maximum absolute atomic E-state index is 11.1. The zero-order chi connectivity index (χ0) is 15.4. The van der Waals surface area contributed by atoms with Crippen LogP contribution in [0, 0.1) is 16.7 Å². The number of rotatable bonds is 7. The summed E-state index contributed by atoms with van der Waals surface area (Å²) in [6, 6.07) is 0.587. The molecule has 3 nitrogen and oxygen atoms in total. The fourth-order valence-corrected chi connectivity index (χ4v) is 3.06. The van der Waals surface area contributed by atoms with E-state index in [-0.39, 0.29) is 0 Å². The van der Waals surface area contributed by atoms with Crippen molar-refractivity contribution < 1.29 is 9.90 Å². The average molecular weight is 283 g/mol. The molecule has 3 heteroatoms. The molecule has 0 bridgehead atoms. The molecule has 0 aromatic rings. The van der Waals surface area contributed by atoms with Gasteiger partial charge in [-0.2, -0.15) is 0 Å². The van der Waals surface area contributed by atoms with E-state index in [1.54, 1.807) is 13.8 Å². The van der Waals surface area contributed by atoms with Crippen LogP contribution in [0.5, 0.6) is 0 Å². The largest absolute Gasteiger partial charge is 0.481 e. The van der Waals surface area contributed by atoms with Crippen LogP contribution in [0.1, 0.15) is 73.1 Å². The van der Waals surface area contributed by atoms with Gasteiger partial charge in [0.15, 0.2) is 0 Å². The number of hydrogen-bond acceptors (Lipinski definition) is 2. The van der Waals surface area contributed by atoms with Gasteiger partial charge in [-0.3, -0.25) is 4.79 Å². The minimum absolute atomic E-state index is 0.469. The predicted molar refractivity (Wildman–Crippen MR) is 83.9 cm³/mol. The Hall–Kier alpha value is -0.570. The smallest absolute Gasteiger partial charge is 0.309 e. The van der Waals surface area contributed by atoms with Gasteiger partial charge in [0.2, 0.25) is 0 Å². The molecular weight excluding hydrogens is 250 g/mol. The number of hydrogen-bond donors (Lipinski definition) is 2. The average Bonchev–Trinajstić information content (AvgIpc) is 2.39. The van der Waals surface area contributed by atoms with Crippen molar-refractivity contribution in [2.75, 3.05) is 6.54 Å². The summed E-state index contributed by atoms with van der Waals surface area (Å²) < 4.78 is 0. The summed E-state index contributed by atoms with van der Waals surface area (Å²) in [6.45, 7) is 11.5. The van der Waals surface area contributed by atoms with Gasteiger partial charge in [0.1, 0.15) is 0 Å². The number of carboxylic acid groups (broad SMARTS) is 1. The number of carboxylic acids is 1. The third-order valence-electron chi connectivity index (χ3n) is 5.51. The Kier molecular flexibility index (Phi) is 6.06. The molecule has 0 spiro atoms. The van der Waals surface area contributed by atoms with Gasteiger partial charge in [0.25, 0.3) is 0 Å². The molecule has 1 rings (SSSR count). The summed E-state index contributed by atoms with van der Waals surface area (Å²) >= 11 is 0. The van der Waals surface area contributed by atoms with Crippen LogP contribution in [0.3, 0.4) is 0 Å². The normalized spacial score (nSPS) is 24.6. The van der Waals surface area contributed by atoms with Gasteiger partial charge in [0.05, 0.1) is 5.41 Å². The van der Waals surface area contributed by atoms with Gasteiger partial charge in [-0.05, 0) is 63.8 Å². The second kappa shape index (κ2) is 6.93. The molecule has 1 fully saturated rings. The summed E-state index contributed by atoms with van der Waals surface area (Å²) in [4.78, 5) is 11.1. The second-order valence-electron chi connectivity index (χ2n) is 7.78. The monoisotopic (exact) mass is 283 g/mol. The van der Waals surface area contributed by atoms with E-state index < -0.39 is 11.4 Å². The highest BCUT2D eigenvalue weighted by molar-refractivity contribution is 5.73. The first-order chi connectivity index (χ1) is 9.19. The topological polar surface area (TPSA) is 49.3 Å². The lowest BCUT2D eigenvalue weighted by Crippen LogP contribution is -2.39. The number of carbonyl (C=O) groups is 1. The lowest BCUT2D eigenvalue weighted by Gasteiger charge is -2.39. The highest BCUT2D eigenvalue weighted by Gasteiger charge is 2.32. The Morgan fingerprint density at radius 2 is 1.70 bits per heavy atom. The Balaban J connectivity index is 2.28. The molecule has 2 N–H and O–H groups in total. The molecule has 0 aromatic carbocycles. The third kappa shape index (κ3) is 4.76. The minimum atomic E-state index is -0.701. The van der Waals surface area contributed by atoms with E-state index in [4.69, 9.17) is 5.11 Å². The molecule has 20 heavy (non-hydrogen) atoms. The summed E-state index contributed by atoms with van der Waals surface area (Å²) in [6.07, 6.45) is 7.04. The molecule has 1 saturated carbocycles. The van der Waals surface area contributed by atoms with Crippen molar-refractivity contribution in [2.45, 2.75) is 79.2 Å². The van der Waals surface area contributed by atoms with E-state index in [1.165, 1.54) is 32.1 Å². The van der Waals surface area contributed by atoms with E-state index in [2.05, 4.69) is 26.1 Å². The fraction of sp³-hybridized carbons (Fsp3) is 0.941. The van der Waals surface area contributed by atoms with Gasteiger partial charge < -0.3 is 10.4 Å². The third-order valence-corrected chi connectivity index (χ3v) is 5.51. The van der Waals surface area contributed by atoms with Crippen molar-refractivity contribution in [3.05, 3.63) is 0 Å². The van der Waals surface area contributed by atoms with E-state index in [9.17, 15) is 4.79 Å². The Morgan fingerprint density at radius 3 is 2.15 bits per heavy atom. The van der Waals surface area contributed by atoms with E-state index >= 15 is 0 Å². The molecule has 0 radical (unpaired) electrons. The van der Waals surface area contributed by atoms with Crippen LogP contribution in [-0.4, -0.2) is 23.7 Å². The van der Waals surface area contributed by atoms with Gasteiger partial charge in [-0.25, -0.2) is 0 Å². The zero-order valence-electron chi connectivity index (χ0n) is 14.0. The molecule has 1 aliphatic rings. The molecule has 0 aromatic heterocycles. The fourth-order valence-electron chi connectivity index (χ4n) is 3.06. The van der Waals surface area contributed by atoms with Crippen LogP contribution < -0.4 is 5.32 Å². The number of nitrogens with one attached hydrogen (secondary N) is 1. The summed E-state index contributed by atoms with van der Waals surface area (Å²) in [7, 11) is 0. The lowest BCUT2D eigenvalue weighted by atomic mass is 9.69. The van der Waals surface area contributed by atoms with Gasteiger partial charge in [-0.1, -0.05) is 27.2 Å². The first-order valence-electron chi connectivity index (χ1n) is 8.16. The maximum Gasteiger partial charge on any atom is 0.309 e. The van der Waals surface area contributed by atoms with E-state index in [1.807, 2.05) is 0 Å². The summed E-state index contributed by atoms with van der Waals surface area (Å²) in [5, 5.41) is 12.7. The molecule has 118 valence electrons. The Morgan fingerprint density at radius 1 is 1.15 bits per heavy atom. The van der Waals surface area contributed by atoms with E-state index in [0.717, 1.165) is 12.5 Å². The SMILES string of the molecule is CCC(C)(C)C1CCC(NCCC(C)(C)C(=O)O)CC1. The molecule has 1 aliphatic carbocycles. The second-order valence-corrected chi connectivity index (χ2v) is 7.78. The van der Waals surface area contributed by atoms with Crippen LogP contribution in [0.15, 0.2) is 0 Å². The predicted octanol–water partition coefficient (Wildman–Crippen LogP) is 4.07. The first kappa shape index (κ1) is 17.5. The van der Waals surface area contributed by atoms with Crippen LogP contribution in [0.4, 0.5) is 0 Å². The Bertz CT molecular complexity index is 315. The summed E-state index contributed by atoms with van der Waals surface area (Å²) in [5.74, 6) is 0.147. The highest BCUT2D eigenvalue weighted by atomic mass is 16.4. The summed E-state index contributed by atoms with van der Waals surface area (Å²) in [5.41, 5.74) is -0.148. The lowest BCUT2D eigenvalue weighted by molar-refractivity contribution is -0.147. The van der Waals surface area contributed by atoms with Crippen LogP contribution >= 0.6 is 0 Å². The molecule has 0 amide bonds. The zero-order valence-corrected chi connectivity index (χ0v) is 14.0. The molecule has 0 atom stereocenters. The molecule has 0 unspecified atom stereocenters. The highest BCUT2D eigenvalue weighted by Crippen LogP contribution is 2.40. The van der Waals surface area contributed by atoms with Crippen molar-refractivity contribution in [1.82, 2.24) is 5.32 Å². The van der Waals surface area contributed by atoms with Crippen molar-refractivity contribution in [3.63, 3.8) is 0 Å². The van der Waals surface area contributed by atoms with Crippen molar-refractivity contribution in [1.29, 1.82) is 0 Å². The molecular formula is C17H33NO2. The van der Waals surface area contributed by atoms with Gasteiger partial charge >= 0.3 is 5.97 Å². The van der Waals surface area contributed by atoms with Crippen molar-refractivity contribution >= 4 is 5.97 Å². The standard InChI is InChI=1S/C17H33NO2/c1-6-16(2,3)13-7-9-14(10-8-13)18-12-11-17(4,5)15(19)20/h13-14,18H,6-12H2,1-5H3,(H,19,20). The van der Waals surface area contributed by atoms with Crippen LogP contribution in [0.25, 0.3) is 0 Å².